The molecule has 0 radical (unpaired) electrons. The van der Waals surface area contributed by atoms with E-state index in [1.165, 1.54) is 0 Å². The van der Waals surface area contributed by atoms with Gasteiger partial charge in [0.05, 0.1) is 24.4 Å². The maximum atomic E-state index is 12.6. The number of hydrogen-bond donors (Lipinski definition) is 2. The molecule has 1 amide bonds. The molecule has 3 aromatic rings. The minimum absolute atomic E-state index is 0.187. The highest BCUT2D eigenvalue weighted by Crippen LogP contribution is 2.26. The third-order valence-electron chi connectivity index (χ3n) is 3.59. The van der Waals surface area contributed by atoms with E-state index < -0.39 is 0 Å². The number of nitrogens with one attached hydrogen (secondary N) is 2. The number of fused-ring (bicyclic) bond motifs is 1. The molecule has 3 rings (SSSR count). The van der Waals surface area contributed by atoms with E-state index in [0.29, 0.717) is 17.0 Å². The van der Waals surface area contributed by atoms with Gasteiger partial charge in [0.15, 0.2) is 0 Å². The van der Waals surface area contributed by atoms with Crippen molar-refractivity contribution in [2.75, 3.05) is 12.4 Å². The topological polar surface area (TPSA) is 67.0 Å². The number of aryl methyl sites for hydroxylation is 2. The van der Waals surface area contributed by atoms with Gasteiger partial charge in [-0.15, -0.1) is 0 Å². The molecule has 22 heavy (non-hydrogen) atoms. The minimum Gasteiger partial charge on any atom is -0.496 e. The lowest BCUT2D eigenvalue weighted by atomic mass is 10.0. The normalized spacial score (nSPS) is 10.7. The number of ether oxygens (including phenoxy) is 1. The molecule has 0 unspecified atom stereocenters. The first-order chi connectivity index (χ1) is 10.6. The molecule has 1 heterocycles. The Kier molecular flexibility index (Phi) is 3.55. The molecular weight excluding hydrogens is 278 g/mol. The Hall–Kier alpha value is -2.82. The van der Waals surface area contributed by atoms with E-state index in [9.17, 15) is 4.79 Å². The lowest BCUT2D eigenvalue weighted by Gasteiger charge is -2.13. The van der Waals surface area contributed by atoms with Gasteiger partial charge < -0.3 is 10.1 Å². The van der Waals surface area contributed by atoms with Crippen LogP contribution in [-0.2, 0) is 0 Å². The molecule has 0 saturated carbocycles. The van der Waals surface area contributed by atoms with Crippen molar-refractivity contribution in [2.45, 2.75) is 13.8 Å². The third kappa shape index (κ3) is 2.53. The second kappa shape index (κ2) is 5.52. The molecule has 2 N–H and O–H groups in total. The summed E-state index contributed by atoms with van der Waals surface area (Å²) in [7, 11) is 1.57. The van der Waals surface area contributed by atoms with E-state index in [4.69, 9.17) is 4.74 Å². The molecule has 112 valence electrons. The number of methoxy groups -OCH3 is 1. The number of anilines is 1. The summed E-state index contributed by atoms with van der Waals surface area (Å²) in [5, 5.41) is 10.8. The summed E-state index contributed by atoms with van der Waals surface area (Å²) < 4.78 is 5.35. The molecule has 0 aliphatic carbocycles. The van der Waals surface area contributed by atoms with Crippen LogP contribution in [0, 0.1) is 13.8 Å². The molecule has 0 fully saturated rings. The summed E-state index contributed by atoms with van der Waals surface area (Å²) in [6.07, 6.45) is 1.74. The Labute approximate surface area is 128 Å². The number of amides is 1. The fraction of sp³-hybridized carbons (Fsp3) is 0.176. The molecule has 5 heteroatoms. The highest BCUT2D eigenvalue weighted by atomic mass is 16.5. The Balaban J connectivity index is 1.94. The van der Waals surface area contributed by atoms with Crippen molar-refractivity contribution in [3.63, 3.8) is 0 Å². The van der Waals surface area contributed by atoms with Gasteiger partial charge in [0.2, 0.25) is 0 Å². The maximum Gasteiger partial charge on any atom is 0.259 e. The molecule has 0 spiro atoms. The number of carbonyl (C=O) groups excluding carboxylic acids is 1. The van der Waals surface area contributed by atoms with Crippen molar-refractivity contribution in [2.24, 2.45) is 0 Å². The fourth-order valence-electron chi connectivity index (χ4n) is 2.59. The molecule has 0 aliphatic heterocycles. The summed E-state index contributed by atoms with van der Waals surface area (Å²) in [6, 6.07) is 9.45. The third-order valence-corrected chi connectivity index (χ3v) is 3.59. The van der Waals surface area contributed by atoms with Crippen LogP contribution in [-0.4, -0.2) is 23.2 Å². The Morgan fingerprint density at radius 1 is 1.23 bits per heavy atom. The summed E-state index contributed by atoms with van der Waals surface area (Å²) in [5.41, 5.74) is 4.09. The second-order valence-electron chi connectivity index (χ2n) is 5.29. The molecule has 1 aromatic heterocycles. The first kappa shape index (κ1) is 14.1. The van der Waals surface area contributed by atoms with Crippen LogP contribution in [0.1, 0.15) is 21.5 Å². The number of nitrogens with zero attached hydrogens (tertiary/aromatic N) is 1. The van der Waals surface area contributed by atoms with Crippen molar-refractivity contribution in [3.05, 3.63) is 53.2 Å². The maximum absolute atomic E-state index is 12.6. The van der Waals surface area contributed by atoms with E-state index in [1.807, 2.05) is 44.2 Å². The first-order valence-corrected chi connectivity index (χ1v) is 6.98. The lowest BCUT2D eigenvalue weighted by Crippen LogP contribution is -2.15. The summed E-state index contributed by atoms with van der Waals surface area (Å²) in [5.74, 6) is 0.394. The van der Waals surface area contributed by atoms with Gasteiger partial charge in [0.1, 0.15) is 5.75 Å². The largest absolute Gasteiger partial charge is 0.496 e. The van der Waals surface area contributed by atoms with E-state index >= 15 is 0 Å². The quantitative estimate of drug-likeness (QED) is 0.777. The van der Waals surface area contributed by atoms with Crippen molar-refractivity contribution < 1.29 is 9.53 Å². The highest BCUT2D eigenvalue weighted by Gasteiger charge is 2.16. The van der Waals surface area contributed by atoms with Crippen molar-refractivity contribution in [3.8, 4) is 5.75 Å². The van der Waals surface area contributed by atoms with Crippen LogP contribution < -0.4 is 10.1 Å². The average molecular weight is 295 g/mol. The number of carbonyl (C=O) groups is 1. The zero-order valence-corrected chi connectivity index (χ0v) is 12.7. The number of H-pyrrole nitrogens is 1. The predicted octanol–water partition coefficient (Wildman–Crippen LogP) is 3.44. The van der Waals surface area contributed by atoms with E-state index in [1.54, 1.807) is 13.3 Å². The number of benzene rings is 2. The van der Waals surface area contributed by atoms with Crippen LogP contribution in [0.25, 0.3) is 10.9 Å². The lowest BCUT2D eigenvalue weighted by molar-refractivity contribution is 0.102. The smallest absolute Gasteiger partial charge is 0.259 e. The van der Waals surface area contributed by atoms with Crippen LogP contribution >= 0.6 is 0 Å². The monoisotopic (exact) mass is 295 g/mol. The second-order valence-corrected chi connectivity index (χ2v) is 5.29. The zero-order valence-electron chi connectivity index (χ0n) is 12.7. The molecule has 0 bridgehead atoms. The SMILES string of the molecule is COc1cc(C)cc(C)c1C(=O)Nc1ccc2cn[nH]c2c1. The number of rotatable bonds is 3. The molecule has 2 aromatic carbocycles. The molecule has 0 atom stereocenters. The predicted molar refractivity (Wildman–Crippen MR) is 86.5 cm³/mol. The van der Waals surface area contributed by atoms with E-state index in [-0.39, 0.29) is 5.91 Å². The van der Waals surface area contributed by atoms with Crippen LogP contribution in [0.2, 0.25) is 0 Å². The van der Waals surface area contributed by atoms with Gasteiger partial charge in [0, 0.05) is 11.1 Å². The average Bonchev–Trinajstić information content (AvgIpc) is 2.93. The summed E-state index contributed by atoms with van der Waals surface area (Å²) in [4.78, 5) is 12.6. The summed E-state index contributed by atoms with van der Waals surface area (Å²) >= 11 is 0. The van der Waals surface area contributed by atoms with Gasteiger partial charge in [0.25, 0.3) is 5.91 Å². The Morgan fingerprint density at radius 3 is 2.82 bits per heavy atom. The van der Waals surface area contributed by atoms with Gasteiger partial charge >= 0.3 is 0 Å². The van der Waals surface area contributed by atoms with Gasteiger partial charge in [-0.2, -0.15) is 5.10 Å². The Morgan fingerprint density at radius 2 is 2.05 bits per heavy atom. The van der Waals surface area contributed by atoms with Crippen LogP contribution in [0.15, 0.2) is 36.5 Å². The van der Waals surface area contributed by atoms with Gasteiger partial charge in [-0.1, -0.05) is 6.07 Å². The van der Waals surface area contributed by atoms with Gasteiger partial charge in [-0.3, -0.25) is 9.89 Å². The van der Waals surface area contributed by atoms with Crippen molar-refractivity contribution in [1.29, 1.82) is 0 Å². The van der Waals surface area contributed by atoms with E-state index in [2.05, 4.69) is 15.5 Å². The fourth-order valence-corrected chi connectivity index (χ4v) is 2.59. The number of aromatic nitrogens is 2. The Bertz CT molecular complexity index is 852. The first-order valence-electron chi connectivity index (χ1n) is 6.98. The van der Waals surface area contributed by atoms with E-state index in [0.717, 1.165) is 22.0 Å². The zero-order chi connectivity index (χ0) is 15.7. The van der Waals surface area contributed by atoms with Crippen LogP contribution in [0.5, 0.6) is 5.75 Å². The van der Waals surface area contributed by atoms with Gasteiger partial charge in [-0.25, -0.2) is 0 Å². The van der Waals surface area contributed by atoms with Crippen molar-refractivity contribution in [1.82, 2.24) is 10.2 Å². The van der Waals surface area contributed by atoms with Crippen LogP contribution in [0.4, 0.5) is 5.69 Å². The minimum atomic E-state index is -0.187. The standard InChI is InChI=1S/C17H17N3O2/c1-10-6-11(2)16(15(7-10)22-3)17(21)19-13-5-4-12-9-18-20-14(12)8-13/h4-9H,1-3H3,(H,18,20)(H,19,21). The molecular formula is C17H17N3O2. The highest BCUT2D eigenvalue weighted by molar-refractivity contribution is 6.07. The van der Waals surface area contributed by atoms with Crippen molar-refractivity contribution >= 4 is 22.5 Å². The summed E-state index contributed by atoms with van der Waals surface area (Å²) in [6.45, 7) is 3.88. The molecule has 0 saturated heterocycles. The molecule has 5 nitrogen and oxygen atoms in total. The van der Waals surface area contributed by atoms with Gasteiger partial charge in [-0.05, 0) is 49.2 Å². The number of hydrogen-bond acceptors (Lipinski definition) is 3. The molecule has 0 aliphatic rings. The number of aromatic amines is 1. The van der Waals surface area contributed by atoms with Crippen LogP contribution in [0.3, 0.4) is 0 Å².